The van der Waals surface area contributed by atoms with Crippen LogP contribution in [0, 0.1) is 0 Å². The zero-order valence-corrected chi connectivity index (χ0v) is 41.7. The number of benzene rings is 2. The first-order valence-electron chi connectivity index (χ1n) is 23.5. The van der Waals surface area contributed by atoms with Crippen LogP contribution in [-0.4, -0.2) is 23.2 Å². The van der Waals surface area contributed by atoms with Gasteiger partial charge in [0.15, 0.2) is 0 Å². The Hall–Kier alpha value is -6.01. The molecule has 8 aromatic rings. The molecule has 343 valence electrons. The summed E-state index contributed by atoms with van der Waals surface area (Å²) >= 11 is 5.28. The predicted octanol–water partition coefficient (Wildman–Crippen LogP) is 16.9. The Balaban J connectivity index is 0.00000578. The molecule has 0 amide bonds. The first kappa shape index (κ1) is 47.1. The minimum absolute atomic E-state index is 0. The van der Waals surface area contributed by atoms with E-state index < -0.39 is 0 Å². The van der Waals surface area contributed by atoms with E-state index in [1.54, 1.807) is 22.7 Å². The average Bonchev–Trinajstić information content (AvgIpc) is 4.21. The summed E-state index contributed by atoms with van der Waals surface area (Å²) in [5.74, 6) is 1.87. The van der Waals surface area contributed by atoms with Gasteiger partial charge in [0.05, 0.1) is 40.9 Å². The minimum atomic E-state index is 0. The second-order valence-corrected chi connectivity index (χ2v) is 19.7. The quantitative estimate of drug-likeness (QED) is 0.0798. The number of thiophene rings is 3. The molecule has 1 radical (unpaired) electrons. The number of nitrogens with zero attached hydrogens (tertiary/aromatic N) is 4. The van der Waals surface area contributed by atoms with Crippen LogP contribution in [0.2, 0.25) is 0 Å². The van der Waals surface area contributed by atoms with E-state index >= 15 is 0 Å². The van der Waals surface area contributed by atoms with Gasteiger partial charge in [-0.2, -0.15) is 0 Å². The van der Waals surface area contributed by atoms with Gasteiger partial charge in [-0.15, -0.1) is 56.1 Å². The van der Waals surface area contributed by atoms with E-state index in [9.17, 15) is 0 Å². The normalized spacial score (nSPS) is 12.0. The SMILES string of the molecule is CCCCCCOc1csc(-c2cc(/C=C/c3c4nc(c(-c5ccccc5)c5ccc(cc6nc(c(-c7ccccc7)c7ccc3[n-]7)C=C6)[n-]5)C=C4)c(-c3cc(OCCCCCC)cs3)s2)c1.[Co+2]. The van der Waals surface area contributed by atoms with Gasteiger partial charge in [-0.25, -0.2) is 9.97 Å². The molecular weight excluding hydrogens is 940 g/mol. The van der Waals surface area contributed by atoms with Gasteiger partial charge in [0, 0.05) is 25.4 Å². The zero-order chi connectivity index (χ0) is 45.4. The zero-order valence-electron chi connectivity index (χ0n) is 38.2. The molecule has 6 aromatic heterocycles. The third-order valence-electron chi connectivity index (χ3n) is 11.9. The van der Waals surface area contributed by atoms with E-state index in [0.29, 0.717) is 0 Å². The molecule has 0 saturated heterocycles. The Morgan fingerprint density at radius 2 is 1.12 bits per heavy atom. The molecule has 8 heterocycles. The van der Waals surface area contributed by atoms with Crippen molar-refractivity contribution in [1.29, 1.82) is 0 Å². The van der Waals surface area contributed by atoms with Gasteiger partial charge in [-0.1, -0.05) is 156 Å². The minimum Gasteiger partial charge on any atom is -0.657 e. The molecule has 10 rings (SSSR count). The molecule has 0 N–H and O–H groups in total. The van der Waals surface area contributed by atoms with Crippen LogP contribution in [-0.2, 0) is 16.8 Å². The molecule has 68 heavy (non-hydrogen) atoms. The third-order valence-corrected chi connectivity index (χ3v) is 15.3. The predicted molar refractivity (Wildman–Crippen MR) is 287 cm³/mol. The molecule has 0 saturated carbocycles. The van der Waals surface area contributed by atoms with E-state index in [-0.39, 0.29) is 16.8 Å². The summed E-state index contributed by atoms with van der Waals surface area (Å²) in [5, 5.41) is 4.29. The fourth-order valence-corrected chi connectivity index (χ4v) is 11.5. The van der Waals surface area contributed by atoms with Crippen molar-refractivity contribution >= 4 is 92.5 Å². The molecule has 0 spiro atoms. The van der Waals surface area contributed by atoms with Crippen molar-refractivity contribution < 1.29 is 26.3 Å². The van der Waals surface area contributed by atoms with Crippen molar-refractivity contribution in [1.82, 2.24) is 19.9 Å². The van der Waals surface area contributed by atoms with Gasteiger partial charge in [0.1, 0.15) is 11.5 Å². The van der Waals surface area contributed by atoms with Gasteiger partial charge < -0.3 is 19.4 Å². The van der Waals surface area contributed by atoms with Crippen LogP contribution >= 0.6 is 34.0 Å². The summed E-state index contributed by atoms with van der Waals surface area (Å²) in [6, 6.07) is 38.0. The summed E-state index contributed by atoms with van der Waals surface area (Å²) in [7, 11) is 0. The van der Waals surface area contributed by atoms with E-state index in [4.69, 9.17) is 29.4 Å². The first-order chi connectivity index (χ1) is 33.1. The van der Waals surface area contributed by atoms with Crippen LogP contribution in [0.4, 0.5) is 0 Å². The van der Waals surface area contributed by atoms with E-state index in [0.717, 1.165) is 116 Å². The first-order valence-corrected chi connectivity index (χ1v) is 26.1. The maximum atomic E-state index is 6.28. The number of unbranched alkanes of at least 4 members (excludes halogenated alkanes) is 6. The number of hydrogen-bond acceptors (Lipinski definition) is 7. The standard InChI is InChI=1S/C58H52N4O2S3.Co/c1-3-5-7-15-31-63-44-35-53(65-37-44)54-33-41(58(67-54)55-36-45(38-66-55)64-32-16-8-6-4-2)21-24-46-47-27-29-51(61-47)56(39-17-11-9-12-18-39)49-25-22-42(59-49)34-43-23-26-50(60-43)57(40-19-13-10-14-20-40)52-30-28-48(46)62-52;/h9-14,17-30,33-38H,3-8,15-16,31-32H2,1-2H3;/q-2;+2/b24-21+,42-34?,43-34?,47-46?,48-46?,56-49?,56-51?,57-50?,57-52?;. The van der Waals surface area contributed by atoms with Crippen LogP contribution in [0.15, 0.2) is 120 Å². The van der Waals surface area contributed by atoms with Crippen molar-refractivity contribution in [2.24, 2.45) is 0 Å². The summed E-state index contributed by atoms with van der Waals surface area (Å²) in [6.07, 6.45) is 22.2. The maximum Gasteiger partial charge on any atom is 2.00 e. The molecular formula is C58H52CoN4O2S3. The number of aromatic nitrogens is 4. The molecule has 0 unspecified atom stereocenters. The summed E-state index contributed by atoms with van der Waals surface area (Å²) < 4.78 is 12.5. The maximum absolute atomic E-state index is 6.28. The number of hydrogen-bond donors (Lipinski definition) is 0. The third kappa shape index (κ3) is 10.8. The van der Waals surface area contributed by atoms with Crippen LogP contribution < -0.4 is 19.4 Å². The summed E-state index contributed by atoms with van der Waals surface area (Å²) in [5.41, 5.74) is 12.8. The van der Waals surface area contributed by atoms with Gasteiger partial charge in [0.25, 0.3) is 0 Å². The fourth-order valence-electron chi connectivity index (χ4n) is 8.51. The van der Waals surface area contributed by atoms with Crippen molar-refractivity contribution in [2.75, 3.05) is 13.2 Å². The smallest absolute Gasteiger partial charge is 0.657 e. The molecule has 2 aromatic carbocycles. The molecule has 0 aliphatic carbocycles. The number of rotatable bonds is 18. The van der Waals surface area contributed by atoms with E-state index in [2.05, 4.69) is 152 Å². The van der Waals surface area contributed by atoms with Crippen LogP contribution in [0.3, 0.4) is 0 Å². The van der Waals surface area contributed by atoms with Crippen molar-refractivity contribution in [3.8, 4) is 53.3 Å². The topological polar surface area (TPSA) is 72.4 Å². The molecule has 8 bridgehead atoms. The van der Waals surface area contributed by atoms with Crippen LogP contribution in [0.5, 0.6) is 11.5 Å². The van der Waals surface area contributed by atoms with Crippen molar-refractivity contribution in [3.63, 3.8) is 0 Å². The Morgan fingerprint density at radius 1 is 0.529 bits per heavy atom. The largest absolute Gasteiger partial charge is 2.00 e. The molecule has 0 atom stereocenters. The molecule has 2 aliphatic heterocycles. The summed E-state index contributed by atoms with van der Waals surface area (Å²) in [6.45, 7) is 5.95. The van der Waals surface area contributed by atoms with Gasteiger partial charge in [-0.05, 0) is 88.7 Å². The molecule has 2 aliphatic rings. The van der Waals surface area contributed by atoms with Crippen molar-refractivity contribution in [3.05, 3.63) is 154 Å². The summed E-state index contributed by atoms with van der Waals surface area (Å²) in [4.78, 5) is 25.9. The Labute approximate surface area is 421 Å². The Kier molecular flexibility index (Phi) is 15.5. The van der Waals surface area contributed by atoms with Crippen molar-refractivity contribution in [2.45, 2.75) is 65.2 Å². The van der Waals surface area contributed by atoms with E-state index in [1.165, 1.54) is 58.0 Å². The Morgan fingerprint density at radius 3 is 1.81 bits per heavy atom. The second-order valence-electron chi connectivity index (χ2n) is 16.8. The second kappa shape index (κ2) is 22.4. The number of fused-ring (bicyclic) bond motifs is 8. The fraction of sp³-hybridized carbons (Fsp3) is 0.207. The monoisotopic (exact) mass is 991 g/mol. The van der Waals surface area contributed by atoms with Gasteiger partial charge >= 0.3 is 16.8 Å². The number of ether oxygens (including phenoxy) is 2. The van der Waals surface area contributed by atoms with Crippen LogP contribution in [0.1, 0.15) is 99.1 Å². The van der Waals surface area contributed by atoms with E-state index in [1.807, 2.05) is 29.5 Å². The average molecular weight is 992 g/mol. The Bertz CT molecular complexity index is 3210. The van der Waals surface area contributed by atoms with Crippen LogP contribution in [0.25, 0.3) is 100 Å². The molecule has 6 nitrogen and oxygen atoms in total. The van der Waals surface area contributed by atoms with Gasteiger partial charge in [0.2, 0.25) is 0 Å². The molecule has 0 fully saturated rings. The van der Waals surface area contributed by atoms with Gasteiger partial charge in [-0.3, -0.25) is 0 Å². The molecule has 10 heteroatoms.